The monoisotopic (exact) mass is 366 g/mol. The molecule has 2 fully saturated rings. The number of hydrogen-bond donors (Lipinski definition) is 0. The molecule has 1 aromatic heterocycles. The summed E-state index contributed by atoms with van der Waals surface area (Å²) in [5.41, 5.74) is 1.77. The van der Waals surface area contributed by atoms with Crippen LogP contribution >= 0.6 is 0 Å². The van der Waals surface area contributed by atoms with Gasteiger partial charge in [-0.25, -0.2) is 4.68 Å². The largest absolute Gasteiger partial charge is 0.369 e. The number of benzene rings is 1. The summed E-state index contributed by atoms with van der Waals surface area (Å²) >= 11 is 0. The number of anilines is 1. The Morgan fingerprint density at radius 1 is 1.07 bits per heavy atom. The van der Waals surface area contributed by atoms with E-state index in [-0.39, 0.29) is 17.4 Å². The minimum atomic E-state index is -0.107. The van der Waals surface area contributed by atoms with Crippen LogP contribution in [0.2, 0.25) is 0 Å². The highest BCUT2D eigenvalue weighted by Crippen LogP contribution is 2.24. The summed E-state index contributed by atoms with van der Waals surface area (Å²) in [5, 5.41) is 4.36. The second kappa shape index (κ2) is 7.94. The van der Waals surface area contributed by atoms with E-state index >= 15 is 0 Å². The van der Waals surface area contributed by atoms with Gasteiger partial charge < -0.3 is 9.80 Å². The molecular weight excluding hydrogens is 340 g/mol. The van der Waals surface area contributed by atoms with Crippen LogP contribution in [0.4, 0.5) is 5.69 Å². The van der Waals surface area contributed by atoms with Crippen molar-refractivity contribution in [1.82, 2.24) is 14.7 Å². The summed E-state index contributed by atoms with van der Waals surface area (Å²) in [6.07, 6.45) is 5.90. The Kier molecular flexibility index (Phi) is 5.23. The van der Waals surface area contributed by atoms with E-state index in [9.17, 15) is 9.59 Å². The molecule has 2 aromatic rings. The maximum atomic E-state index is 12.7. The van der Waals surface area contributed by atoms with Crippen molar-refractivity contribution in [3.05, 3.63) is 58.5 Å². The molecule has 0 unspecified atom stereocenters. The maximum Gasteiger partial charge on any atom is 0.269 e. The summed E-state index contributed by atoms with van der Waals surface area (Å²) in [7, 11) is 0. The summed E-state index contributed by atoms with van der Waals surface area (Å²) in [6, 6.07) is 11.5. The molecular formula is C21H26N4O2. The first-order valence-electron chi connectivity index (χ1n) is 9.85. The molecule has 0 spiro atoms. The number of likely N-dealkylation sites (tertiary alicyclic amines) is 1. The standard InChI is InChI=1S/C21H26N4O2/c26-20-13-19(14-22-25(20)15-17-7-2-1-3-8-17)24-12-6-9-18(16-24)21(27)23-10-4-5-11-23/h1-3,7-8,13-14,18H,4-6,9-12,15-16H2/t18-/m1/s1. The van der Waals surface area contributed by atoms with Gasteiger partial charge in [-0.3, -0.25) is 9.59 Å². The molecule has 0 radical (unpaired) electrons. The molecule has 6 heteroatoms. The molecule has 0 N–H and O–H groups in total. The third-order valence-corrected chi connectivity index (χ3v) is 5.58. The lowest BCUT2D eigenvalue weighted by Crippen LogP contribution is -2.44. The van der Waals surface area contributed by atoms with E-state index in [2.05, 4.69) is 10.00 Å². The van der Waals surface area contributed by atoms with Crippen molar-refractivity contribution in [2.75, 3.05) is 31.1 Å². The zero-order chi connectivity index (χ0) is 18.6. The van der Waals surface area contributed by atoms with Crippen molar-refractivity contribution in [2.45, 2.75) is 32.2 Å². The molecule has 1 amide bonds. The van der Waals surface area contributed by atoms with Crippen molar-refractivity contribution in [3.8, 4) is 0 Å². The highest BCUT2D eigenvalue weighted by molar-refractivity contribution is 5.80. The van der Waals surface area contributed by atoms with Gasteiger partial charge in [0.2, 0.25) is 5.91 Å². The minimum absolute atomic E-state index is 0.0311. The van der Waals surface area contributed by atoms with Gasteiger partial charge in [-0.05, 0) is 31.2 Å². The lowest BCUT2D eigenvalue weighted by molar-refractivity contribution is -0.134. The van der Waals surface area contributed by atoms with Crippen LogP contribution in [-0.4, -0.2) is 46.8 Å². The van der Waals surface area contributed by atoms with E-state index in [0.29, 0.717) is 13.1 Å². The third kappa shape index (κ3) is 4.04. The van der Waals surface area contributed by atoms with Crippen molar-refractivity contribution < 1.29 is 4.79 Å². The van der Waals surface area contributed by atoms with Gasteiger partial charge in [0.05, 0.1) is 24.3 Å². The molecule has 4 rings (SSSR count). The number of hydrogen-bond acceptors (Lipinski definition) is 4. The molecule has 0 saturated carbocycles. The van der Waals surface area contributed by atoms with E-state index in [1.807, 2.05) is 35.2 Å². The van der Waals surface area contributed by atoms with Crippen molar-refractivity contribution in [3.63, 3.8) is 0 Å². The Balaban J connectivity index is 1.45. The first-order chi connectivity index (χ1) is 13.2. The SMILES string of the molecule is O=C([C@@H]1CCCN(c2cnn(Cc3ccccc3)c(=O)c2)C1)N1CCCC1. The predicted octanol–water partition coefficient (Wildman–Crippen LogP) is 2.13. The van der Waals surface area contributed by atoms with Gasteiger partial charge >= 0.3 is 0 Å². The van der Waals surface area contributed by atoms with Gasteiger partial charge in [-0.1, -0.05) is 30.3 Å². The summed E-state index contributed by atoms with van der Waals surface area (Å²) in [6.45, 7) is 3.81. The van der Waals surface area contributed by atoms with Crippen molar-refractivity contribution >= 4 is 11.6 Å². The van der Waals surface area contributed by atoms with Crippen LogP contribution in [0.15, 0.2) is 47.4 Å². The van der Waals surface area contributed by atoms with Crippen molar-refractivity contribution in [2.24, 2.45) is 5.92 Å². The summed E-state index contributed by atoms with van der Waals surface area (Å²) in [5.74, 6) is 0.311. The Hall–Kier alpha value is -2.63. The topological polar surface area (TPSA) is 58.4 Å². The molecule has 2 saturated heterocycles. The third-order valence-electron chi connectivity index (χ3n) is 5.58. The molecule has 1 atom stereocenters. The van der Waals surface area contributed by atoms with E-state index in [1.165, 1.54) is 4.68 Å². The maximum absolute atomic E-state index is 12.7. The molecule has 0 bridgehead atoms. The van der Waals surface area contributed by atoms with E-state index in [4.69, 9.17) is 0 Å². The Morgan fingerprint density at radius 3 is 2.59 bits per heavy atom. The smallest absolute Gasteiger partial charge is 0.269 e. The summed E-state index contributed by atoms with van der Waals surface area (Å²) in [4.78, 5) is 29.4. The second-order valence-corrected chi connectivity index (χ2v) is 7.51. The van der Waals surface area contributed by atoms with Crippen LogP contribution in [0.3, 0.4) is 0 Å². The van der Waals surface area contributed by atoms with Gasteiger partial charge in [-0.15, -0.1) is 0 Å². The van der Waals surface area contributed by atoms with Gasteiger partial charge in [0.1, 0.15) is 0 Å². The van der Waals surface area contributed by atoms with E-state index < -0.39 is 0 Å². The predicted molar refractivity (Wildman–Crippen MR) is 105 cm³/mol. The lowest BCUT2D eigenvalue weighted by atomic mass is 9.96. The van der Waals surface area contributed by atoms with Gasteiger partial charge in [0.15, 0.2) is 0 Å². The molecule has 2 aliphatic rings. The van der Waals surface area contributed by atoms with Crippen LogP contribution in [0, 0.1) is 5.92 Å². The number of carbonyl (C=O) groups excluding carboxylic acids is 1. The van der Waals surface area contributed by atoms with Crippen LogP contribution in [-0.2, 0) is 11.3 Å². The number of aromatic nitrogens is 2. The number of nitrogens with zero attached hydrogens (tertiary/aromatic N) is 4. The average molecular weight is 366 g/mol. The molecule has 6 nitrogen and oxygen atoms in total. The van der Waals surface area contributed by atoms with Crippen molar-refractivity contribution in [1.29, 1.82) is 0 Å². The van der Waals surface area contributed by atoms with Crippen LogP contribution in [0.1, 0.15) is 31.2 Å². The molecule has 3 heterocycles. The highest BCUT2D eigenvalue weighted by atomic mass is 16.2. The number of amides is 1. The minimum Gasteiger partial charge on any atom is -0.369 e. The molecule has 142 valence electrons. The number of carbonyl (C=O) groups is 1. The Bertz CT molecular complexity index is 843. The lowest BCUT2D eigenvalue weighted by Gasteiger charge is -2.35. The molecule has 1 aromatic carbocycles. The van der Waals surface area contributed by atoms with Gasteiger partial charge in [0.25, 0.3) is 5.56 Å². The number of piperidine rings is 1. The second-order valence-electron chi connectivity index (χ2n) is 7.51. The fourth-order valence-electron chi connectivity index (χ4n) is 4.08. The average Bonchev–Trinajstić information content (AvgIpc) is 3.25. The molecule has 0 aliphatic carbocycles. The van der Waals surface area contributed by atoms with Crippen LogP contribution in [0.25, 0.3) is 0 Å². The Labute approximate surface area is 159 Å². The summed E-state index contributed by atoms with van der Waals surface area (Å²) < 4.78 is 1.48. The molecule has 27 heavy (non-hydrogen) atoms. The van der Waals surface area contributed by atoms with Gasteiger partial charge in [0, 0.05) is 32.2 Å². The zero-order valence-corrected chi connectivity index (χ0v) is 15.6. The number of rotatable bonds is 4. The van der Waals surface area contributed by atoms with E-state index in [1.54, 1.807) is 12.3 Å². The van der Waals surface area contributed by atoms with Crippen LogP contribution < -0.4 is 10.5 Å². The fraction of sp³-hybridized carbons (Fsp3) is 0.476. The molecule has 2 aliphatic heterocycles. The normalized spacial score (nSPS) is 20.1. The van der Waals surface area contributed by atoms with E-state index in [0.717, 1.165) is 56.6 Å². The Morgan fingerprint density at radius 2 is 1.85 bits per heavy atom. The fourth-order valence-corrected chi connectivity index (χ4v) is 4.08. The quantitative estimate of drug-likeness (QED) is 0.832. The zero-order valence-electron chi connectivity index (χ0n) is 15.6. The highest BCUT2D eigenvalue weighted by Gasteiger charge is 2.30. The first-order valence-corrected chi connectivity index (χ1v) is 9.85. The van der Waals surface area contributed by atoms with Crippen LogP contribution in [0.5, 0.6) is 0 Å². The van der Waals surface area contributed by atoms with Gasteiger partial charge in [-0.2, -0.15) is 5.10 Å². The first kappa shape index (κ1) is 17.8.